The molecule has 2 amide bonds. The van der Waals surface area contributed by atoms with Crippen LogP contribution in [0.4, 0.5) is 5.69 Å². The van der Waals surface area contributed by atoms with Crippen LogP contribution in [0.2, 0.25) is 0 Å². The number of rotatable bonds is 7. The highest BCUT2D eigenvalue weighted by molar-refractivity contribution is 5.91. The monoisotopic (exact) mass is 381 g/mol. The van der Waals surface area contributed by atoms with Gasteiger partial charge in [-0.05, 0) is 61.2 Å². The Labute approximate surface area is 165 Å². The fourth-order valence-corrected chi connectivity index (χ4v) is 3.52. The molecule has 2 aromatic rings. The van der Waals surface area contributed by atoms with E-state index in [9.17, 15) is 9.59 Å². The first-order chi connectivity index (χ1) is 13.6. The molecule has 6 nitrogen and oxygen atoms in total. The maximum atomic E-state index is 12.4. The molecule has 0 radical (unpaired) electrons. The number of amides is 2. The standard InChI is InChI=1S/C22H27N3O3/c1-17(26)25-14-3-2-4-20(25)16-22(27)24-19-5-7-21(8-6-19)28-15-11-18-9-12-23-13-10-18/h5-10,12-13,20H,2-4,11,14-16H2,1H3,(H,24,27)/t20-/m1/s1. The molecule has 0 saturated carbocycles. The highest BCUT2D eigenvalue weighted by Gasteiger charge is 2.26. The third-order valence-electron chi connectivity index (χ3n) is 5.00. The summed E-state index contributed by atoms with van der Waals surface area (Å²) in [6.07, 6.45) is 7.66. The number of nitrogens with one attached hydrogen (secondary N) is 1. The molecule has 0 aliphatic carbocycles. The van der Waals surface area contributed by atoms with Gasteiger partial charge in [0.2, 0.25) is 11.8 Å². The Morgan fingerprint density at radius 3 is 2.61 bits per heavy atom. The molecule has 0 unspecified atom stereocenters. The van der Waals surface area contributed by atoms with Crippen LogP contribution >= 0.6 is 0 Å². The van der Waals surface area contributed by atoms with Crippen LogP contribution in [0, 0.1) is 0 Å². The molecule has 2 heterocycles. The fourth-order valence-electron chi connectivity index (χ4n) is 3.52. The number of hydrogen-bond donors (Lipinski definition) is 1. The lowest BCUT2D eigenvalue weighted by molar-refractivity contribution is -0.133. The minimum atomic E-state index is -0.0653. The third-order valence-corrected chi connectivity index (χ3v) is 5.00. The van der Waals surface area contributed by atoms with Gasteiger partial charge in [-0.25, -0.2) is 0 Å². The molecular weight excluding hydrogens is 354 g/mol. The SMILES string of the molecule is CC(=O)N1CCCC[C@@H]1CC(=O)Nc1ccc(OCCc2ccncc2)cc1. The second-order valence-electron chi connectivity index (χ2n) is 7.09. The van der Waals surface area contributed by atoms with Crippen LogP contribution in [-0.4, -0.2) is 40.9 Å². The molecule has 148 valence electrons. The molecule has 1 aromatic carbocycles. The highest BCUT2D eigenvalue weighted by Crippen LogP contribution is 2.21. The lowest BCUT2D eigenvalue weighted by Gasteiger charge is -2.34. The van der Waals surface area contributed by atoms with Crippen LogP contribution in [-0.2, 0) is 16.0 Å². The fraction of sp³-hybridized carbons (Fsp3) is 0.409. The molecule has 1 aliphatic rings. The maximum absolute atomic E-state index is 12.4. The minimum absolute atomic E-state index is 0.00189. The van der Waals surface area contributed by atoms with Gasteiger partial charge in [0.15, 0.2) is 0 Å². The van der Waals surface area contributed by atoms with Crippen LogP contribution in [0.5, 0.6) is 5.75 Å². The second-order valence-corrected chi connectivity index (χ2v) is 7.09. The predicted octanol–water partition coefficient (Wildman–Crippen LogP) is 3.43. The van der Waals surface area contributed by atoms with E-state index in [-0.39, 0.29) is 17.9 Å². The number of likely N-dealkylation sites (tertiary alicyclic amines) is 1. The first-order valence-electron chi connectivity index (χ1n) is 9.80. The summed E-state index contributed by atoms with van der Waals surface area (Å²) in [4.78, 5) is 29.9. The molecular formula is C22H27N3O3. The van der Waals surface area contributed by atoms with Crippen LogP contribution in [0.25, 0.3) is 0 Å². The summed E-state index contributed by atoms with van der Waals surface area (Å²) >= 11 is 0. The first kappa shape index (κ1) is 19.9. The van der Waals surface area contributed by atoms with Gasteiger partial charge in [0, 0.05) is 50.4 Å². The zero-order valence-electron chi connectivity index (χ0n) is 16.3. The van der Waals surface area contributed by atoms with E-state index in [2.05, 4.69) is 10.3 Å². The Morgan fingerprint density at radius 2 is 1.89 bits per heavy atom. The Bertz CT molecular complexity index is 777. The van der Waals surface area contributed by atoms with Gasteiger partial charge in [-0.2, -0.15) is 0 Å². The van der Waals surface area contributed by atoms with E-state index < -0.39 is 0 Å². The van der Waals surface area contributed by atoms with Crippen molar-refractivity contribution >= 4 is 17.5 Å². The third kappa shape index (κ3) is 5.81. The summed E-state index contributed by atoms with van der Waals surface area (Å²) in [5.41, 5.74) is 1.91. The number of pyridine rings is 1. The van der Waals surface area contributed by atoms with Crippen LogP contribution in [0.1, 0.15) is 38.2 Å². The second kappa shape index (κ2) is 9.88. The normalized spacial score (nSPS) is 16.5. The van der Waals surface area contributed by atoms with E-state index in [4.69, 9.17) is 4.74 Å². The van der Waals surface area contributed by atoms with E-state index >= 15 is 0 Å². The summed E-state index contributed by atoms with van der Waals surface area (Å²) in [6, 6.07) is 11.3. The molecule has 1 atom stereocenters. The molecule has 0 spiro atoms. The predicted molar refractivity (Wildman–Crippen MR) is 108 cm³/mol. The van der Waals surface area contributed by atoms with E-state index in [0.717, 1.165) is 43.7 Å². The van der Waals surface area contributed by atoms with Gasteiger partial charge < -0.3 is 15.0 Å². The van der Waals surface area contributed by atoms with Crippen LogP contribution < -0.4 is 10.1 Å². The van der Waals surface area contributed by atoms with Crippen molar-refractivity contribution in [2.75, 3.05) is 18.5 Å². The van der Waals surface area contributed by atoms with Gasteiger partial charge in [-0.15, -0.1) is 0 Å². The smallest absolute Gasteiger partial charge is 0.226 e. The number of ether oxygens (including phenoxy) is 1. The number of benzene rings is 1. The zero-order valence-corrected chi connectivity index (χ0v) is 16.3. The molecule has 3 rings (SSSR count). The van der Waals surface area contributed by atoms with Gasteiger partial charge in [-0.1, -0.05) is 0 Å². The highest BCUT2D eigenvalue weighted by atomic mass is 16.5. The zero-order chi connectivity index (χ0) is 19.8. The van der Waals surface area contributed by atoms with E-state index in [1.165, 1.54) is 5.56 Å². The molecule has 1 fully saturated rings. The number of carbonyl (C=O) groups is 2. The molecule has 28 heavy (non-hydrogen) atoms. The van der Waals surface area contributed by atoms with Crippen LogP contribution in [0.15, 0.2) is 48.8 Å². The molecule has 1 aromatic heterocycles. The van der Waals surface area contributed by atoms with Crippen molar-refractivity contribution in [1.29, 1.82) is 0 Å². The summed E-state index contributed by atoms with van der Waals surface area (Å²) in [6.45, 7) is 2.90. The average molecular weight is 381 g/mol. The summed E-state index contributed by atoms with van der Waals surface area (Å²) in [5, 5.41) is 2.92. The quantitative estimate of drug-likeness (QED) is 0.798. The van der Waals surface area contributed by atoms with Crippen LogP contribution in [0.3, 0.4) is 0 Å². The van der Waals surface area contributed by atoms with E-state index in [1.807, 2.05) is 41.3 Å². The Kier molecular flexibility index (Phi) is 7.00. The Balaban J connectivity index is 1.45. The number of hydrogen-bond acceptors (Lipinski definition) is 4. The summed E-state index contributed by atoms with van der Waals surface area (Å²) < 4.78 is 5.75. The molecule has 1 aliphatic heterocycles. The Morgan fingerprint density at radius 1 is 1.14 bits per heavy atom. The lowest BCUT2D eigenvalue weighted by Crippen LogP contribution is -2.44. The summed E-state index contributed by atoms with van der Waals surface area (Å²) in [5.74, 6) is 0.748. The molecule has 6 heteroatoms. The first-order valence-corrected chi connectivity index (χ1v) is 9.80. The van der Waals surface area contributed by atoms with Gasteiger partial charge in [0.25, 0.3) is 0 Å². The van der Waals surface area contributed by atoms with E-state index in [1.54, 1.807) is 19.3 Å². The van der Waals surface area contributed by atoms with Gasteiger partial charge in [0.05, 0.1) is 6.61 Å². The summed E-state index contributed by atoms with van der Waals surface area (Å²) in [7, 11) is 0. The van der Waals surface area contributed by atoms with Crippen molar-refractivity contribution in [3.63, 3.8) is 0 Å². The number of carbonyl (C=O) groups excluding carboxylic acids is 2. The van der Waals surface area contributed by atoms with E-state index in [0.29, 0.717) is 13.0 Å². The van der Waals surface area contributed by atoms with Crippen molar-refractivity contribution in [2.24, 2.45) is 0 Å². The van der Waals surface area contributed by atoms with Gasteiger partial charge in [0.1, 0.15) is 5.75 Å². The van der Waals surface area contributed by atoms with Crippen molar-refractivity contribution in [1.82, 2.24) is 9.88 Å². The largest absolute Gasteiger partial charge is 0.493 e. The minimum Gasteiger partial charge on any atom is -0.493 e. The van der Waals surface area contributed by atoms with Gasteiger partial charge in [-0.3, -0.25) is 14.6 Å². The average Bonchev–Trinajstić information content (AvgIpc) is 2.70. The number of piperidine rings is 1. The van der Waals surface area contributed by atoms with Crippen molar-refractivity contribution < 1.29 is 14.3 Å². The molecule has 1 N–H and O–H groups in total. The lowest BCUT2D eigenvalue weighted by atomic mass is 9.99. The topological polar surface area (TPSA) is 71.5 Å². The number of anilines is 1. The number of nitrogens with zero attached hydrogens (tertiary/aromatic N) is 2. The molecule has 1 saturated heterocycles. The molecule has 0 bridgehead atoms. The Hall–Kier alpha value is -2.89. The van der Waals surface area contributed by atoms with Crippen molar-refractivity contribution in [3.05, 3.63) is 54.4 Å². The van der Waals surface area contributed by atoms with Gasteiger partial charge >= 0.3 is 0 Å². The van der Waals surface area contributed by atoms with Crippen molar-refractivity contribution in [2.45, 2.75) is 45.1 Å². The maximum Gasteiger partial charge on any atom is 0.226 e. The van der Waals surface area contributed by atoms with Crippen molar-refractivity contribution in [3.8, 4) is 5.75 Å². The number of aromatic nitrogens is 1.